The monoisotopic (exact) mass is 216 g/mol. The van der Waals surface area contributed by atoms with E-state index in [9.17, 15) is 5.11 Å². The molecule has 0 aliphatic rings. The molecule has 0 aliphatic carbocycles. The molecule has 0 radical (unpaired) electrons. The van der Waals surface area contributed by atoms with E-state index in [1.165, 1.54) is 0 Å². The summed E-state index contributed by atoms with van der Waals surface area (Å²) < 4.78 is 0. The SMILES string of the molecule is C=CCCCC(C=C)C(O)c1ccccc1. The van der Waals surface area contributed by atoms with Crippen molar-refractivity contribution in [2.24, 2.45) is 5.92 Å². The van der Waals surface area contributed by atoms with Crippen molar-refractivity contribution in [3.05, 3.63) is 61.2 Å². The molecule has 0 saturated heterocycles. The highest BCUT2D eigenvalue weighted by atomic mass is 16.3. The van der Waals surface area contributed by atoms with Gasteiger partial charge in [0.25, 0.3) is 0 Å². The Labute approximate surface area is 98.1 Å². The minimum atomic E-state index is -0.441. The number of allylic oxidation sites excluding steroid dienone is 1. The Hall–Kier alpha value is -1.34. The number of benzene rings is 1. The van der Waals surface area contributed by atoms with Gasteiger partial charge in [-0.15, -0.1) is 13.2 Å². The molecule has 0 saturated carbocycles. The van der Waals surface area contributed by atoms with Crippen LogP contribution in [0.25, 0.3) is 0 Å². The Bertz CT molecular complexity index is 315. The van der Waals surface area contributed by atoms with Crippen LogP contribution in [0.3, 0.4) is 0 Å². The predicted molar refractivity (Wildman–Crippen MR) is 69.1 cm³/mol. The first-order valence-electron chi connectivity index (χ1n) is 5.76. The zero-order valence-corrected chi connectivity index (χ0v) is 9.68. The summed E-state index contributed by atoms with van der Waals surface area (Å²) in [5.41, 5.74) is 0.964. The lowest BCUT2D eigenvalue weighted by atomic mass is 9.91. The number of hydrogen-bond acceptors (Lipinski definition) is 1. The summed E-state index contributed by atoms with van der Waals surface area (Å²) in [6, 6.07) is 9.76. The third-order valence-electron chi connectivity index (χ3n) is 2.80. The minimum absolute atomic E-state index is 0.127. The van der Waals surface area contributed by atoms with Gasteiger partial charge < -0.3 is 5.11 Å². The highest BCUT2D eigenvalue weighted by Crippen LogP contribution is 2.26. The highest BCUT2D eigenvalue weighted by Gasteiger charge is 2.16. The largest absolute Gasteiger partial charge is 0.388 e. The molecule has 1 aromatic carbocycles. The average Bonchev–Trinajstić information content (AvgIpc) is 2.35. The first-order valence-corrected chi connectivity index (χ1v) is 5.76. The van der Waals surface area contributed by atoms with Gasteiger partial charge in [0.1, 0.15) is 0 Å². The predicted octanol–water partition coefficient (Wildman–Crippen LogP) is 3.88. The number of hydrogen-bond donors (Lipinski definition) is 1. The van der Waals surface area contributed by atoms with Crippen LogP contribution in [0.5, 0.6) is 0 Å². The molecule has 0 amide bonds. The second-order valence-electron chi connectivity index (χ2n) is 3.97. The van der Waals surface area contributed by atoms with E-state index in [1.807, 2.05) is 42.5 Å². The van der Waals surface area contributed by atoms with Crippen LogP contribution in [-0.2, 0) is 0 Å². The van der Waals surface area contributed by atoms with Gasteiger partial charge in [-0.05, 0) is 24.8 Å². The lowest BCUT2D eigenvalue weighted by Gasteiger charge is -2.19. The van der Waals surface area contributed by atoms with Gasteiger partial charge in [0, 0.05) is 5.92 Å². The van der Waals surface area contributed by atoms with E-state index in [0.717, 1.165) is 24.8 Å². The summed E-state index contributed by atoms with van der Waals surface area (Å²) in [5.74, 6) is 0.127. The normalized spacial score (nSPS) is 14.1. The van der Waals surface area contributed by atoms with Crippen molar-refractivity contribution < 1.29 is 5.11 Å². The second kappa shape index (κ2) is 7.02. The number of aliphatic hydroxyl groups excluding tert-OH is 1. The van der Waals surface area contributed by atoms with Crippen LogP contribution < -0.4 is 0 Å². The van der Waals surface area contributed by atoms with E-state index < -0.39 is 6.10 Å². The molecule has 1 aromatic rings. The molecule has 0 aromatic heterocycles. The Morgan fingerprint density at radius 2 is 1.88 bits per heavy atom. The van der Waals surface area contributed by atoms with Crippen LogP contribution in [0.1, 0.15) is 30.9 Å². The van der Waals surface area contributed by atoms with Gasteiger partial charge in [-0.2, -0.15) is 0 Å². The summed E-state index contributed by atoms with van der Waals surface area (Å²) in [7, 11) is 0. The number of rotatable bonds is 7. The van der Waals surface area contributed by atoms with Gasteiger partial charge in [-0.25, -0.2) is 0 Å². The van der Waals surface area contributed by atoms with Gasteiger partial charge >= 0.3 is 0 Å². The van der Waals surface area contributed by atoms with Crippen molar-refractivity contribution in [1.29, 1.82) is 0 Å². The van der Waals surface area contributed by atoms with Crippen molar-refractivity contribution >= 4 is 0 Å². The molecule has 1 N–H and O–H groups in total. The van der Waals surface area contributed by atoms with Crippen molar-refractivity contribution in [2.45, 2.75) is 25.4 Å². The van der Waals surface area contributed by atoms with Crippen molar-refractivity contribution in [3.8, 4) is 0 Å². The Balaban J connectivity index is 2.58. The van der Waals surface area contributed by atoms with Crippen LogP contribution in [0, 0.1) is 5.92 Å². The number of aliphatic hydroxyl groups is 1. The molecule has 1 heteroatoms. The maximum Gasteiger partial charge on any atom is 0.0852 e. The summed E-state index contributed by atoms with van der Waals surface area (Å²) in [6.45, 7) is 7.50. The van der Waals surface area contributed by atoms with E-state index in [2.05, 4.69) is 13.2 Å². The standard InChI is InChI=1S/C15H20O/c1-3-5-7-10-13(4-2)15(16)14-11-8-6-9-12-14/h3-4,6,8-9,11-13,15-16H,1-2,5,7,10H2. The molecule has 1 rings (SSSR count). The summed E-state index contributed by atoms with van der Waals surface area (Å²) in [6.07, 6.45) is 6.31. The third kappa shape index (κ3) is 3.67. The Morgan fingerprint density at radius 1 is 1.19 bits per heavy atom. The fraction of sp³-hybridized carbons (Fsp3) is 0.333. The molecule has 2 unspecified atom stereocenters. The summed E-state index contributed by atoms with van der Waals surface area (Å²) in [5, 5.41) is 10.2. The fourth-order valence-electron chi connectivity index (χ4n) is 1.80. The number of unbranched alkanes of at least 4 members (excludes halogenated alkanes) is 1. The van der Waals surface area contributed by atoms with Crippen LogP contribution in [-0.4, -0.2) is 5.11 Å². The molecule has 16 heavy (non-hydrogen) atoms. The summed E-state index contributed by atoms with van der Waals surface area (Å²) in [4.78, 5) is 0. The zero-order valence-electron chi connectivity index (χ0n) is 9.68. The van der Waals surface area contributed by atoms with Crippen molar-refractivity contribution in [1.82, 2.24) is 0 Å². The topological polar surface area (TPSA) is 20.2 Å². The van der Waals surface area contributed by atoms with Gasteiger partial charge in [-0.1, -0.05) is 42.5 Å². The molecule has 1 nitrogen and oxygen atoms in total. The molecular formula is C15H20O. The zero-order chi connectivity index (χ0) is 11.8. The molecule has 2 atom stereocenters. The van der Waals surface area contributed by atoms with Crippen LogP contribution in [0.15, 0.2) is 55.6 Å². The molecule has 0 heterocycles. The van der Waals surface area contributed by atoms with Crippen molar-refractivity contribution in [2.75, 3.05) is 0 Å². The lowest BCUT2D eigenvalue weighted by Crippen LogP contribution is -2.10. The Kier molecular flexibility index (Phi) is 5.58. The second-order valence-corrected chi connectivity index (χ2v) is 3.97. The van der Waals surface area contributed by atoms with E-state index in [-0.39, 0.29) is 5.92 Å². The molecule has 86 valence electrons. The van der Waals surface area contributed by atoms with Gasteiger partial charge in [-0.3, -0.25) is 0 Å². The fourth-order valence-corrected chi connectivity index (χ4v) is 1.80. The van der Waals surface area contributed by atoms with E-state index in [1.54, 1.807) is 0 Å². The van der Waals surface area contributed by atoms with Gasteiger partial charge in [0.2, 0.25) is 0 Å². The van der Waals surface area contributed by atoms with Gasteiger partial charge in [0.05, 0.1) is 6.10 Å². The van der Waals surface area contributed by atoms with Crippen LogP contribution in [0.4, 0.5) is 0 Å². The summed E-state index contributed by atoms with van der Waals surface area (Å²) >= 11 is 0. The quantitative estimate of drug-likeness (QED) is 0.541. The first-order chi connectivity index (χ1) is 7.79. The minimum Gasteiger partial charge on any atom is -0.388 e. The third-order valence-corrected chi connectivity index (χ3v) is 2.80. The first kappa shape index (κ1) is 12.7. The van der Waals surface area contributed by atoms with Gasteiger partial charge in [0.15, 0.2) is 0 Å². The van der Waals surface area contributed by atoms with Crippen LogP contribution in [0.2, 0.25) is 0 Å². The smallest absolute Gasteiger partial charge is 0.0852 e. The molecular weight excluding hydrogens is 196 g/mol. The maximum atomic E-state index is 10.2. The maximum absolute atomic E-state index is 10.2. The Morgan fingerprint density at radius 3 is 2.44 bits per heavy atom. The van der Waals surface area contributed by atoms with E-state index >= 15 is 0 Å². The molecule has 0 fully saturated rings. The van der Waals surface area contributed by atoms with Crippen LogP contribution >= 0.6 is 0 Å². The molecule has 0 aliphatic heterocycles. The average molecular weight is 216 g/mol. The van der Waals surface area contributed by atoms with E-state index in [4.69, 9.17) is 0 Å². The molecule has 0 spiro atoms. The van der Waals surface area contributed by atoms with E-state index in [0.29, 0.717) is 0 Å². The molecule has 0 bridgehead atoms. The lowest BCUT2D eigenvalue weighted by molar-refractivity contribution is 0.126. The van der Waals surface area contributed by atoms with Crippen molar-refractivity contribution in [3.63, 3.8) is 0 Å². The highest BCUT2D eigenvalue weighted by molar-refractivity contribution is 5.19.